The van der Waals surface area contributed by atoms with Gasteiger partial charge < -0.3 is 20.1 Å². The predicted molar refractivity (Wildman–Crippen MR) is 149 cm³/mol. The number of piperazine rings is 1. The molecule has 0 spiro atoms. The number of hydrogen-bond acceptors (Lipinski definition) is 7. The van der Waals surface area contributed by atoms with Crippen molar-refractivity contribution in [2.45, 2.75) is 20.3 Å². The van der Waals surface area contributed by atoms with Crippen molar-refractivity contribution >= 4 is 55.7 Å². The van der Waals surface area contributed by atoms with Gasteiger partial charge in [0, 0.05) is 57.2 Å². The first kappa shape index (κ1) is 23.9. The van der Waals surface area contributed by atoms with Crippen molar-refractivity contribution in [2.24, 2.45) is 5.92 Å². The molecule has 1 fully saturated rings. The number of aromatic amines is 1. The van der Waals surface area contributed by atoms with E-state index < -0.39 is 0 Å². The maximum absolute atomic E-state index is 13.1. The van der Waals surface area contributed by atoms with Crippen LogP contribution in [0, 0.1) is 5.92 Å². The van der Waals surface area contributed by atoms with Crippen molar-refractivity contribution in [3.8, 4) is 0 Å². The lowest BCUT2D eigenvalue weighted by atomic mass is 10.0. The number of nitrogens with one attached hydrogen (secondary N) is 2. The zero-order valence-corrected chi connectivity index (χ0v) is 22.1. The molecule has 1 saturated heterocycles. The second-order valence-electron chi connectivity index (χ2n) is 10.2. The Morgan fingerprint density at radius 2 is 1.95 bits per heavy atom. The van der Waals surface area contributed by atoms with Crippen molar-refractivity contribution in [2.75, 3.05) is 51.1 Å². The average Bonchev–Trinajstić information content (AvgIpc) is 3.56. The molecule has 4 aromatic rings. The molecule has 0 unspecified atom stereocenters. The highest BCUT2D eigenvalue weighted by atomic mass is 32.1. The zero-order valence-electron chi connectivity index (χ0n) is 21.3. The standard InChI is InChI=1S/C27H32N8OS/c1-18(2)15-33-9-11-35(12-10-33)27(36)34-7-5-19(6-8-34)23-14-21-25(28-16-29-26(21)32-23)31-20-3-4-22-24(13-20)37-17-30-22/h3-5,13-14,16-18H,6-12,15H2,1-2H3,(H2,28,29,31,32). The summed E-state index contributed by atoms with van der Waals surface area (Å²) in [6.45, 7) is 10.5. The van der Waals surface area contributed by atoms with Gasteiger partial charge in [-0.2, -0.15) is 0 Å². The van der Waals surface area contributed by atoms with Gasteiger partial charge in [-0.3, -0.25) is 4.90 Å². The molecular formula is C27H32N8OS. The minimum atomic E-state index is 0.159. The van der Waals surface area contributed by atoms with Gasteiger partial charge in [0.2, 0.25) is 0 Å². The highest BCUT2D eigenvalue weighted by Crippen LogP contribution is 2.30. The molecule has 5 heterocycles. The monoisotopic (exact) mass is 516 g/mol. The molecule has 37 heavy (non-hydrogen) atoms. The Labute approximate surface area is 220 Å². The minimum Gasteiger partial charge on any atom is -0.340 e. The molecular weight excluding hydrogens is 484 g/mol. The van der Waals surface area contributed by atoms with Gasteiger partial charge in [0.05, 0.1) is 21.1 Å². The van der Waals surface area contributed by atoms with Crippen molar-refractivity contribution in [3.63, 3.8) is 0 Å². The lowest BCUT2D eigenvalue weighted by Crippen LogP contribution is -2.53. The Hall–Kier alpha value is -3.50. The Morgan fingerprint density at radius 1 is 1.08 bits per heavy atom. The Morgan fingerprint density at radius 3 is 2.73 bits per heavy atom. The fraction of sp³-hybridized carbons (Fsp3) is 0.407. The van der Waals surface area contributed by atoms with Crippen LogP contribution in [0.5, 0.6) is 0 Å². The fourth-order valence-corrected chi connectivity index (χ4v) is 5.92. The normalized spacial score (nSPS) is 17.1. The molecule has 192 valence electrons. The summed E-state index contributed by atoms with van der Waals surface area (Å²) in [6, 6.07) is 8.39. The largest absolute Gasteiger partial charge is 0.340 e. The molecule has 2 N–H and O–H groups in total. The Kier molecular flexibility index (Phi) is 6.52. The molecule has 2 aliphatic rings. The molecule has 0 atom stereocenters. The van der Waals surface area contributed by atoms with Gasteiger partial charge in [-0.25, -0.2) is 19.7 Å². The van der Waals surface area contributed by atoms with Gasteiger partial charge in [0.1, 0.15) is 17.8 Å². The van der Waals surface area contributed by atoms with E-state index in [4.69, 9.17) is 0 Å². The average molecular weight is 517 g/mol. The third-order valence-corrected chi connectivity index (χ3v) is 7.90. The van der Waals surface area contributed by atoms with E-state index in [9.17, 15) is 4.79 Å². The van der Waals surface area contributed by atoms with E-state index in [1.54, 1.807) is 17.7 Å². The SMILES string of the molecule is CC(C)CN1CCN(C(=O)N2CC=C(c3cc4c(Nc5ccc6ncsc6c5)ncnc4[nH]3)CC2)CC1. The smallest absolute Gasteiger partial charge is 0.320 e. The quantitative estimate of drug-likeness (QED) is 0.396. The molecule has 0 saturated carbocycles. The molecule has 0 aliphatic carbocycles. The number of H-pyrrole nitrogens is 1. The fourth-order valence-electron chi connectivity index (χ4n) is 5.21. The number of fused-ring (bicyclic) bond motifs is 2. The first-order valence-corrected chi connectivity index (χ1v) is 13.8. The second kappa shape index (κ2) is 10.1. The number of carbonyl (C=O) groups is 1. The summed E-state index contributed by atoms with van der Waals surface area (Å²) >= 11 is 1.62. The molecule has 2 amide bonds. The topological polar surface area (TPSA) is 93.3 Å². The van der Waals surface area contributed by atoms with Gasteiger partial charge in [0.25, 0.3) is 0 Å². The van der Waals surface area contributed by atoms with Crippen LogP contribution in [-0.4, -0.2) is 86.5 Å². The number of rotatable bonds is 5. The highest BCUT2D eigenvalue weighted by Gasteiger charge is 2.27. The second-order valence-corrected chi connectivity index (χ2v) is 11.1. The zero-order chi connectivity index (χ0) is 25.4. The summed E-state index contributed by atoms with van der Waals surface area (Å²) in [6.07, 6.45) is 4.55. The van der Waals surface area contributed by atoms with E-state index in [0.717, 1.165) is 84.1 Å². The summed E-state index contributed by atoms with van der Waals surface area (Å²) in [5, 5.41) is 4.39. The predicted octanol–water partition coefficient (Wildman–Crippen LogP) is 4.79. The van der Waals surface area contributed by atoms with E-state index in [0.29, 0.717) is 12.5 Å². The molecule has 1 aromatic carbocycles. The number of hydrogen-bond donors (Lipinski definition) is 2. The summed E-state index contributed by atoms with van der Waals surface area (Å²) in [7, 11) is 0. The number of urea groups is 1. The van der Waals surface area contributed by atoms with Gasteiger partial charge in [-0.1, -0.05) is 19.9 Å². The van der Waals surface area contributed by atoms with Crippen LogP contribution in [0.15, 0.2) is 42.2 Å². The van der Waals surface area contributed by atoms with Gasteiger partial charge >= 0.3 is 6.03 Å². The van der Waals surface area contributed by atoms with Gasteiger partial charge in [-0.15, -0.1) is 11.3 Å². The molecule has 0 radical (unpaired) electrons. The third kappa shape index (κ3) is 5.03. The molecule has 2 aliphatic heterocycles. The summed E-state index contributed by atoms with van der Waals surface area (Å²) in [4.78, 5) is 36.3. The Balaban J connectivity index is 1.13. The number of nitrogens with zero attached hydrogens (tertiary/aromatic N) is 6. The van der Waals surface area contributed by atoms with Gasteiger partial charge in [-0.05, 0) is 42.2 Å². The van der Waals surface area contributed by atoms with Crippen LogP contribution in [0.4, 0.5) is 16.3 Å². The maximum Gasteiger partial charge on any atom is 0.320 e. The van der Waals surface area contributed by atoms with E-state index in [1.807, 2.05) is 27.4 Å². The number of benzene rings is 1. The minimum absolute atomic E-state index is 0.159. The molecule has 0 bridgehead atoms. The van der Waals surface area contributed by atoms with Crippen LogP contribution in [0.2, 0.25) is 0 Å². The number of carbonyl (C=O) groups excluding carboxylic acids is 1. The van der Waals surface area contributed by atoms with Crippen LogP contribution in [0.3, 0.4) is 0 Å². The third-order valence-electron chi connectivity index (χ3n) is 7.11. The van der Waals surface area contributed by atoms with E-state index in [1.165, 1.54) is 5.57 Å². The molecule has 3 aromatic heterocycles. The Bertz CT molecular complexity index is 1450. The van der Waals surface area contributed by atoms with Crippen molar-refractivity contribution in [3.05, 3.63) is 47.9 Å². The van der Waals surface area contributed by atoms with E-state index in [-0.39, 0.29) is 6.03 Å². The molecule has 6 rings (SSSR count). The van der Waals surface area contributed by atoms with Crippen molar-refractivity contribution in [1.82, 2.24) is 34.6 Å². The lowest BCUT2D eigenvalue weighted by molar-refractivity contribution is 0.110. The maximum atomic E-state index is 13.1. The number of aromatic nitrogens is 4. The van der Waals surface area contributed by atoms with Crippen LogP contribution in [-0.2, 0) is 0 Å². The van der Waals surface area contributed by atoms with Crippen LogP contribution >= 0.6 is 11.3 Å². The van der Waals surface area contributed by atoms with Crippen molar-refractivity contribution < 1.29 is 4.79 Å². The first-order chi connectivity index (χ1) is 18.0. The van der Waals surface area contributed by atoms with Crippen molar-refractivity contribution in [1.29, 1.82) is 0 Å². The molecule has 9 nitrogen and oxygen atoms in total. The van der Waals surface area contributed by atoms with E-state index >= 15 is 0 Å². The molecule has 10 heteroatoms. The number of thiazole rings is 1. The van der Waals surface area contributed by atoms with Crippen LogP contribution in [0.1, 0.15) is 26.0 Å². The summed E-state index contributed by atoms with van der Waals surface area (Å²) in [5.74, 6) is 1.42. The number of anilines is 2. The first-order valence-electron chi connectivity index (χ1n) is 12.9. The van der Waals surface area contributed by atoms with Gasteiger partial charge in [0.15, 0.2) is 0 Å². The van der Waals surface area contributed by atoms with Crippen LogP contribution < -0.4 is 5.32 Å². The lowest BCUT2D eigenvalue weighted by Gasteiger charge is -2.38. The summed E-state index contributed by atoms with van der Waals surface area (Å²) in [5.41, 5.74) is 6.86. The van der Waals surface area contributed by atoms with E-state index in [2.05, 4.69) is 62.2 Å². The summed E-state index contributed by atoms with van der Waals surface area (Å²) < 4.78 is 1.13. The van der Waals surface area contributed by atoms with Crippen LogP contribution in [0.25, 0.3) is 26.8 Å². The number of amides is 2. The highest BCUT2D eigenvalue weighted by molar-refractivity contribution is 7.16.